The molecule has 90 valence electrons. The van der Waals surface area contributed by atoms with Crippen molar-refractivity contribution in [2.75, 3.05) is 12.4 Å². The van der Waals surface area contributed by atoms with Gasteiger partial charge in [0.25, 0.3) is 0 Å². The summed E-state index contributed by atoms with van der Waals surface area (Å²) in [4.78, 5) is 8.70. The summed E-state index contributed by atoms with van der Waals surface area (Å²) >= 11 is 1.58. The lowest BCUT2D eigenvalue weighted by Crippen LogP contribution is -1.90. The van der Waals surface area contributed by atoms with Crippen molar-refractivity contribution in [3.63, 3.8) is 0 Å². The van der Waals surface area contributed by atoms with Crippen LogP contribution in [0, 0.1) is 0 Å². The minimum Gasteiger partial charge on any atom is -0.497 e. The number of ether oxygens (including phenoxy) is 1. The number of nitrogens with one attached hydrogen (secondary N) is 1. The molecule has 0 saturated heterocycles. The van der Waals surface area contributed by atoms with Crippen molar-refractivity contribution in [1.29, 1.82) is 0 Å². The Morgan fingerprint density at radius 2 is 2.17 bits per heavy atom. The van der Waals surface area contributed by atoms with Gasteiger partial charge in [-0.2, -0.15) is 0 Å². The van der Waals surface area contributed by atoms with Gasteiger partial charge in [-0.15, -0.1) is 0 Å². The Kier molecular flexibility index (Phi) is 2.82. The fourth-order valence-corrected chi connectivity index (χ4v) is 2.53. The number of thiazole rings is 1. The Balaban J connectivity index is 1.94. The Hall–Kier alpha value is -2.14. The van der Waals surface area contributed by atoms with Crippen LogP contribution in [0.3, 0.4) is 0 Å². The van der Waals surface area contributed by atoms with Gasteiger partial charge in [-0.05, 0) is 30.3 Å². The monoisotopic (exact) mass is 257 g/mol. The maximum Gasteiger partial charge on any atom is 0.189 e. The van der Waals surface area contributed by atoms with Gasteiger partial charge in [0.15, 0.2) is 5.13 Å². The fourth-order valence-electron chi connectivity index (χ4n) is 1.63. The number of hydrogen-bond donors (Lipinski definition) is 1. The summed E-state index contributed by atoms with van der Waals surface area (Å²) in [6, 6.07) is 11.6. The number of pyridine rings is 1. The number of methoxy groups -OCH3 is 1. The first-order chi connectivity index (χ1) is 8.85. The molecule has 0 aliphatic rings. The quantitative estimate of drug-likeness (QED) is 0.780. The van der Waals surface area contributed by atoms with Crippen LogP contribution in [-0.4, -0.2) is 17.1 Å². The number of anilines is 2. The van der Waals surface area contributed by atoms with Crippen LogP contribution in [0.4, 0.5) is 10.9 Å². The molecular formula is C13H11N3OS. The molecule has 0 fully saturated rings. The summed E-state index contributed by atoms with van der Waals surface area (Å²) in [6.07, 6.45) is 1.75. The van der Waals surface area contributed by atoms with E-state index < -0.39 is 0 Å². The summed E-state index contributed by atoms with van der Waals surface area (Å²) in [5.74, 6) is 1.64. The van der Waals surface area contributed by atoms with Crippen LogP contribution in [0.2, 0.25) is 0 Å². The molecule has 5 heteroatoms. The number of fused-ring (bicyclic) bond motifs is 1. The van der Waals surface area contributed by atoms with Gasteiger partial charge in [-0.25, -0.2) is 9.97 Å². The average Bonchev–Trinajstić information content (AvgIpc) is 2.80. The molecule has 3 rings (SSSR count). The summed E-state index contributed by atoms with van der Waals surface area (Å²) in [7, 11) is 1.66. The molecule has 0 aliphatic heterocycles. The summed E-state index contributed by atoms with van der Waals surface area (Å²) in [6.45, 7) is 0. The normalized spacial score (nSPS) is 10.5. The van der Waals surface area contributed by atoms with Gasteiger partial charge in [0.1, 0.15) is 11.6 Å². The van der Waals surface area contributed by atoms with Crippen molar-refractivity contribution in [2.45, 2.75) is 0 Å². The first-order valence-electron chi connectivity index (χ1n) is 5.48. The van der Waals surface area contributed by atoms with Crippen LogP contribution < -0.4 is 10.1 Å². The molecule has 4 nitrogen and oxygen atoms in total. The predicted molar refractivity (Wildman–Crippen MR) is 73.7 cm³/mol. The van der Waals surface area contributed by atoms with E-state index >= 15 is 0 Å². The van der Waals surface area contributed by atoms with E-state index in [0.717, 1.165) is 26.9 Å². The summed E-state index contributed by atoms with van der Waals surface area (Å²) < 4.78 is 6.29. The van der Waals surface area contributed by atoms with Gasteiger partial charge in [-0.1, -0.05) is 17.4 Å². The zero-order chi connectivity index (χ0) is 12.4. The molecule has 1 N–H and O–H groups in total. The Morgan fingerprint density at radius 1 is 1.22 bits per heavy atom. The zero-order valence-corrected chi connectivity index (χ0v) is 10.6. The molecule has 0 atom stereocenters. The highest BCUT2D eigenvalue weighted by molar-refractivity contribution is 7.22. The van der Waals surface area contributed by atoms with Crippen LogP contribution in [0.5, 0.6) is 5.75 Å². The lowest BCUT2D eigenvalue weighted by Gasteiger charge is -1.98. The molecule has 0 saturated carbocycles. The molecule has 0 spiro atoms. The lowest BCUT2D eigenvalue weighted by molar-refractivity contribution is 0.415. The van der Waals surface area contributed by atoms with Crippen molar-refractivity contribution in [2.24, 2.45) is 0 Å². The largest absolute Gasteiger partial charge is 0.497 e. The number of benzene rings is 1. The van der Waals surface area contributed by atoms with E-state index in [9.17, 15) is 0 Å². The van der Waals surface area contributed by atoms with Crippen LogP contribution in [0.15, 0.2) is 42.6 Å². The molecule has 3 aromatic rings. The van der Waals surface area contributed by atoms with Crippen molar-refractivity contribution in [1.82, 2.24) is 9.97 Å². The average molecular weight is 257 g/mol. The summed E-state index contributed by atoms with van der Waals surface area (Å²) in [5, 5.41) is 4.02. The van der Waals surface area contributed by atoms with Gasteiger partial charge < -0.3 is 10.1 Å². The SMILES string of the molecule is COc1ccc2nc(Nc3ccccn3)sc2c1. The fraction of sp³-hybridized carbons (Fsp3) is 0.0769. The predicted octanol–water partition coefficient (Wildman–Crippen LogP) is 3.44. The highest BCUT2D eigenvalue weighted by Gasteiger charge is 2.05. The minimum atomic E-state index is 0.795. The van der Waals surface area contributed by atoms with Crippen LogP contribution in [0.1, 0.15) is 0 Å². The van der Waals surface area contributed by atoms with E-state index in [2.05, 4.69) is 15.3 Å². The molecule has 1 aromatic carbocycles. The number of rotatable bonds is 3. The molecule has 0 unspecified atom stereocenters. The van der Waals surface area contributed by atoms with Gasteiger partial charge in [0, 0.05) is 6.20 Å². The van der Waals surface area contributed by atoms with Gasteiger partial charge in [0.05, 0.1) is 17.3 Å². The van der Waals surface area contributed by atoms with Crippen LogP contribution >= 0.6 is 11.3 Å². The molecule has 2 heterocycles. The smallest absolute Gasteiger partial charge is 0.189 e. The van der Waals surface area contributed by atoms with E-state index in [1.807, 2.05) is 36.4 Å². The lowest BCUT2D eigenvalue weighted by atomic mass is 10.3. The zero-order valence-electron chi connectivity index (χ0n) is 9.75. The standard InChI is InChI=1S/C13H11N3OS/c1-17-9-5-6-10-11(8-9)18-13(15-10)16-12-4-2-3-7-14-12/h2-8H,1H3,(H,14,15,16). The van der Waals surface area contributed by atoms with Crippen molar-refractivity contribution in [3.05, 3.63) is 42.6 Å². The van der Waals surface area contributed by atoms with E-state index in [0.29, 0.717) is 0 Å². The van der Waals surface area contributed by atoms with Gasteiger partial charge in [-0.3, -0.25) is 0 Å². The molecular weight excluding hydrogens is 246 g/mol. The van der Waals surface area contributed by atoms with Gasteiger partial charge in [0.2, 0.25) is 0 Å². The maximum atomic E-state index is 5.20. The second-order valence-electron chi connectivity index (χ2n) is 3.69. The first-order valence-corrected chi connectivity index (χ1v) is 6.29. The van der Waals surface area contributed by atoms with E-state index in [1.165, 1.54) is 0 Å². The second-order valence-corrected chi connectivity index (χ2v) is 4.72. The Bertz CT molecular complexity index is 666. The molecule has 2 aromatic heterocycles. The molecule has 0 aliphatic carbocycles. The van der Waals surface area contributed by atoms with Crippen LogP contribution in [0.25, 0.3) is 10.2 Å². The van der Waals surface area contributed by atoms with E-state index in [-0.39, 0.29) is 0 Å². The Labute approximate surface area is 108 Å². The minimum absolute atomic E-state index is 0.795. The molecule has 0 bridgehead atoms. The highest BCUT2D eigenvalue weighted by atomic mass is 32.1. The third-order valence-corrected chi connectivity index (χ3v) is 3.43. The number of nitrogens with zero attached hydrogens (tertiary/aromatic N) is 2. The highest BCUT2D eigenvalue weighted by Crippen LogP contribution is 2.30. The third-order valence-electron chi connectivity index (χ3n) is 2.50. The summed E-state index contributed by atoms with van der Waals surface area (Å²) in [5.41, 5.74) is 0.958. The van der Waals surface area contributed by atoms with Crippen LogP contribution in [-0.2, 0) is 0 Å². The van der Waals surface area contributed by atoms with E-state index in [1.54, 1.807) is 24.6 Å². The number of aromatic nitrogens is 2. The van der Waals surface area contributed by atoms with Crippen molar-refractivity contribution >= 4 is 32.5 Å². The molecule has 18 heavy (non-hydrogen) atoms. The van der Waals surface area contributed by atoms with Gasteiger partial charge >= 0.3 is 0 Å². The van der Waals surface area contributed by atoms with Crippen molar-refractivity contribution in [3.8, 4) is 5.75 Å². The first kappa shape index (κ1) is 11.0. The second kappa shape index (κ2) is 4.62. The topological polar surface area (TPSA) is 47.0 Å². The third kappa shape index (κ3) is 2.12. The maximum absolute atomic E-state index is 5.20. The van der Waals surface area contributed by atoms with Crippen molar-refractivity contribution < 1.29 is 4.74 Å². The molecule has 0 amide bonds. The Morgan fingerprint density at radius 3 is 2.94 bits per heavy atom. The molecule has 0 radical (unpaired) electrons. The number of hydrogen-bond acceptors (Lipinski definition) is 5. The van der Waals surface area contributed by atoms with E-state index in [4.69, 9.17) is 4.74 Å².